The highest BCUT2D eigenvalue weighted by Gasteiger charge is 2.18. The minimum absolute atomic E-state index is 0.0123. The van der Waals surface area contributed by atoms with Crippen LogP contribution in [0.2, 0.25) is 0 Å². The van der Waals surface area contributed by atoms with Gasteiger partial charge in [-0.15, -0.1) is 0 Å². The molecule has 0 aliphatic carbocycles. The Balaban J connectivity index is 2.04. The van der Waals surface area contributed by atoms with Crippen LogP contribution in [-0.2, 0) is 0 Å². The number of amidine groups is 1. The van der Waals surface area contributed by atoms with Crippen molar-refractivity contribution in [3.05, 3.63) is 69.7 Å². The van der Waals surface area contributed by atoms with Crippen LogP contribution in [0.25, 0.3) is 0 Å². The highest BCUT2D eigenvalue weighted by molar-refractivity contribution is 9.10. The molecule has 3 rings (SSSR count). The van der Waals surface area contributed by atoms with Gasteiger partial charge in [0, 0.05) is 27.7 Å². The number of nitrogens with zero attached hydrogens (tertiary/aromatic N) is 1. The highest BCUT2D eigenvalue weighted by atomic mass is 79.9. The first kappa shape index (κ1) is 13.1. The highest BCUT2D eigenvalue weighted by Crippen LogP contribution is 2.19. The van der Waals surface area contributed by atoms with Crippen molar-refractivity contribution in [1.82, 2.24) is 5.32 Å². The van der Waals surface area contributed by atoms with Gasteiger partial charge in [0.2, 0.25) is 0 Å². The molecule has 100 valence electrons. The molecule has 0 atom stereocenters. The Morgan fingerprint density at radius 1 is 1.15 bits per heavy atom. The molecule has 0 saturated carbocycles. The standard InChI is InChI=1S/C16H13BrN2O/c17-12-5-3-4-11(10-12)15(20)13-6-1-2-7-14(13)16-18-8-9-19-16/h1-7,10H,8-9H2,(H,18,19). The zero-order valence-corrected chi connectivity index (χ0v) is 12.4. The predicted molar refractivity (Wildman–Crippen MR) is 83.4 cm³/mol. The number of ketones is 1. The molecule has 0 spiro atoms. The molecule has 0 aromatic heterocycles. The molecule has 20 heavy (non-hydrogen) atoms. The number of halogens is 1. The van der Waals surface area contributed by atoms with Crippen LogP contribution in [0.5, 0.6) is 0 Å². The van der Waals surface area contributed by atoms with Crippen LogP contribution < -0.4 is 5.32 Å². The molecule has 0 radical (unpaired) electrons. The lowest BCUT2D eigenvalue weighted by Gasteiger charge is -2.09. The fraction of sp³-hybridized carbons (Fsp3) is 0.125. The SMILES string of the molecule is O=C(c1cccc(Br)c1)c1ccccc1C1=NCCN1. The van der Waals surface area contributed by atoms with Gasteiger partial charge < -0.3 is 5.32 Å². The van der Waals surface area contributed by atoms with Gasteiger partial charge in [0.15, 0.2) is 5.78 Å². The zero-order chi connectivity index (χ0) is 13.9. The maximum atomic E-state index is 12.7. The molecule has 0 bridgehead atoms. The van der Waals surface area contributed by atoms with Crippen molar-refractivity contribution in [3.63, 3.8) is 0 Å². The van der Waals surface area contributed by atoms with Gasteiger partial charge in [-0.2, -0.15) is 0 Å². The van der Waals surface area contributed by atoms with Gasteiger partial charge in [-0.05, 0) is 12.1 Å². The van der Waals surface area contributed by atoms with Crippen molar-refractivity contribution in [2.45, 2.75) is 0 Å². The maximum absolute atomic E-state index is 12.7. The summed E-state index contributed by atoms with van der Waals surface area (Å²) in [7, 11) is 0. The van der Waals surface area contributed by atoms with Crippen LogP contribution in [-0.4, -0.2) is 24.7 Å². The summed E-state index contributed by atoms with van der Waals surface area (Å²) in [6.45, 7) is 1.59. The van der Waals surface area contributed by atoms with Crippen LogP contribution in [0.3, 0.4) is 0 Å². The quantitative estimate of drug-likeness (QED) is 0.880. The molecule has 0 saturated heterocycles. The molecule has 1 heterocycles. The van der Waals surface area contributed by atoms with E-state index in [1.54, 1.807) is 0 Å². The van der Waals surface area contributed by atoms with E-state index in [1.807, 2.05) is 48.5 Å². The molecular formula is C16H13BrN2O. The summed E-state index contributed by atoms with van der Waals surface area (Å²) < 4.78 is 0.900. The topological polar surface area (TPSA) is 41.5 Å². The maximum Gasteiger partial charge on any atom is 0.193 e. The molecule has 0 amide bonds. The third-order valence-corrected chi connectivity index (χ3v) is 3.68. The van der Waals surface area contributed by atoms with Crippen molar-refractivity contribution in [1.29, 1.82) is 0 Å². The molecule has 0 fully saturated rings. The van der Waals surface area contributed by atoms with Crippen LogP contribution in [0.4, 0.5) is 0 Å². The summed E-state index contributed by atoms with van der Waals surface area (Å²) in [5.41, 5.74) is 2.22. The Kier molecular flexibility index (Phi) is 3.65. The largest absolute Gasteiger partial charge is 0.368 e. The molecule has 2 aromatic carbocycles. The molecule has 1 aliphatic heterocycles. The van der Waals surface area contributed by atoms with E-state index in [0.717, 1.165) is 29.0 Å². The fourth-order valence-electron chi connectivity index (χ4n) is 2.25. The summed E-state index contributed by atoms with van der Waals surface area (Å²) >= 11 is 3.40. The molecular weight excluding hydrogens is 316 g/mol. The summed E-state index contributed by atoms with van der Waals surface area (Å²) in [6.07, 6.45) is 0. The van der Waals surface area contributed by atoms with Crippen molar-refractivity contribution in [2.24, 2.45) is 4.99 Å². The second-order valence-electron chi connectivity index (χ2n) is 4.54. The van der Waals surface area contributed by atoms with Crippen molar-refractivity contribution in [2.75, 3.05) is 13.1 Å². The van der Waals surface area contributed by atoms with E-state index in [0.29, 0.717) is 11.1 Å². The first-order chi connectivity index (χ1) is 9.75. The van der Waals surface area contributed by atoms with E-state index in [9.17, 15) is 4.79 Å². The lowest BCUT2D eigenvalue weighted by atomic mass is 9.98. The van der Waals surface area contributed by atoms with Crippen LogP contribution in [0.15, 0.2) is 58.0 Å². The lowest BCUT2D eigenvalue weighted by molar-refractivity contribution is 0.103. The number of carbonyl (C=O) groups excluding carboxylic acids is 1. The number of nitrogens with one attached hydrogen (secondary N) is 1. The summed E-state index contributed by atoms with van der Waals surface area (Å²) in [6, 6.07) is 15.0. The Hall–Kier alpha value is -1.94. The van der Waals surface area contributed by atoms with Gasteiger partial charge >= 0.3 is 0 Å². The molecule has 2 aromatic rings. The molecule has 1 N–H and O–H groups in total. The zero-order valence-electron chi connectivity index (χ0n) is 10.8. The second-order valence-corrected chi connectivity index (χ2v) is 5.46. The fourth-order valence-corrected chi connectivity index (χ4v) is 2.65. The first-order valence-corrected chi connectivity index (χ1v) is 7.23. The number of rotatable bonds is 3. The van der Waals surface area contributed by atoms with E-state index in [2.05, 4.69) is 26.2 Å². The Bertz CT molecular complexity index is 694. The van der Waals surface area contributed by atoms with E-state index in [1.165, 1.54) is 0 Å². The van der Waals surface area contributed by atoms with Crippen molar-refractivity contribution >= 4 is 27.5 Å². The Labute approximate surface area is 125 Å². The average molecular weight is 329 g/mol. The van der Waals surface area contributed by atoms with Crippen LogP contribution in [0, 0.1) is 0 Å². The summed E-state index contributed by atoms with van der Waals surface area (Å²) in [5.74, 6) is 0.822. The third kappa shape index (κ3) is 2.51. The van der Waals surface area contributed by atoms with Gasteiger partial charge in [0.25, 0.3) is 0 Å². The van der Waals surface area contributed by atoms with Gasteiger partial charge in [-0.25, -0.2) is 0 Å². The molecule has 3 nitrogen and oxygen atoms in total. The first-order valence-electron chi connectivity index (χ1n) is 6.44. The van der Waals surface area contributed by atoms with E-state index < -0.39 is 0 Å². The molecule has 1 aliphatic rings. The Morgan fingerprint density at radius 2 is 2.00 bits per heavy atom. The monoisotopic (exact) mass is 328 g/mol. The number of aliphatic imine (C=N–C) groups is 1. The van der Waals surface area contributed by atoms with Gasteiger partial charge in [-0.3, -0.25) is 9.79 Å². The Morgan fingerprint density at radius 3 is 2.75 bits per heavy atom. The third-order valence-electron chi connectivity index (χ3n) is 3.19. The van der Waals surface area contributed by atoms with E-state index >= 15 is 0 Å². The number of carbonyl (C=O) groups is 1. The smallest absolute Gasteiger partial charge is 0.193 e. The van der Waals surface area contributed by atoms with Crippen LogP contribution >= 0.6 is 15.9 Å². The molecule has 4 heteroatoms. The van der Waals surface area contributed by atoms with Crippen LogP contribution in [0.1, 0.15) is 21.5 Å². The predicted octanol–water partition coefficient (Wildman–Crippen LogP) is 3.03. The van der Waals surface area contributed by atoms with Gasteiger partial charge in [0.1, 0.15) is 5.84 Å². The number of hydrogen-bond acceptors (Lipinski definition) is 3. The lowest BCUT2D eigenvalue weighted by Crippen LogP contribution is -2.22. The summed E-state index contributed by atoms with van der Waals surface area (Å²) in [5, 5.41) is 3.22. The van der Waals surface area contributed by atoms with Crippen molar-refractivity contribution in [3.8, 4) is 0 Å². The minimum atomic E-state index is 0.0123. The van der Waals surface area contributed by atoms with Gasteiger partial charge in [-0.1, -0.05) is 52.3 Å². The average Bonchev–Trinajstić information content (AvgIpc) is 3.00. The van der Waals surface area contributed by atoms with Crippen molar-refractivity contribution < 1.29 is 4.79 Å². The molecule has 0 unspecified atom stereocenters. The number of hydrogen-bond donors (Lipinski definition) is 1. The number of benzene rings is 2. The normalized spacial score (nSPS) is 13.8. The van der Waals surface area contributed by atoms with Gasteiger partial charge in [0.05, 0.1) is 6.54 Å². The summed E-state index contributed by atoms with van der Waals surface area (Å²) in [4.78, 5) is 17.1. The van der Waals surface area contributed by atoms with E-state index in [-0.39, 0.29) is 5.78 Å². The van der Waals surface area contributed by atoms with E-state index in [4.69, 9.17) is 0 Å². The second kappa shape index (κ2) is 5.59. The minimum Gasteiger partial charge on any atom is -0.368 e.